The average molecular weight is 279 g/mol. The summed E-state index contributed by atoms with van der Waals surface area (Å²) in [4.78, 5) is 6.50. The Morgan fingerprint density at radius 2 is 2.10 bits per heavy atom. The van der Waals surface area contributed by atoms with Gasteiger partial charge in [-0.05, 0) is 37.6 Å². The molecule has 0 saturated carbocycles. The summed E-state index contributed by atoms with van der Waals surface area (Å²) in [5, 5.41) is 28.8. The van der Waals surface area contributed by atoms with Crippen LogP contribution in [0.3, 0.4) is 0 Å². The third kappa shape index (κ3) is 3.23. The van der Waals surface area contributed by atoms with Gasteiger partial charge in [-0.2, -0.15) is 15.5 Å². The van der Waals surface area contributed by atoms with Crippen LogP contribution in [0.1, 0.15) is 23.9 Å². The Balaban J connectivity index is 2.22. The van der Waals surface area contributed by atoms with Gasteiger partial charge in [0.1, 0.15) is 12.1 Å². The molecule has 2 aromatic rings. The van der Waals surface area contributed by atoms with Gasteiger partial charge in [-0.1, -0.05) is 0 Å². The monoisotopic (exact) mass is 279 g/mol. The normalized spacial score (nSPS) is 10.3. The van der Waals surface area contributed by atoms with Crippen molar-refractivity contribution in [3.63, 3.8) is 0 Å². The molecule has 0 amide bonds. The second kappa shape index (κ2) is 6.31. The number of anilines is 1. The lowest BCUT2D eigenvalue weighted by Gasteiger charge is -2.06. The van der Waals surface area contributed by atoms with Crippen LogP contribution in [0.2, 0.25) is 0 Å². The quantitative estimate of drug-likeness (QED) is 0.835. The number of nitriles is 2. The highest BCUT2D eigenvalue weighted by molar-refractivity contribution is 5.57. The second-order valence-corrected chi connectivity index (χ2v) is 4.24. The van der Waals surface area contributed by atoms with Crippen LogP contribution in [-0.4, -0.2) is 16.5 Å². The fourth-order valence-electron chi connectivity index (χ4n) is 1.77. The molecular formula is C14H13N7. The summed E-state index contributed by atoms with van der Waals surface area (Å²) in [6.07, 6.45) is 0. The summed E-state index contributed by atoms with van der Waals surface area (Å²) in [6, 6.07) is 9.31. The molecule has 1 aromatic heterocycles. The topological polar surface area (TPSA) is 113 Å². The molecule has 0 spiro atoms. The second-order valence-electron chi connectivity index (χ2n) is 4.24. The van der Waals surface area contributed by atoms with E-state index in [0.717, 1.165) is 17.8 Å². The minimum atomic E-state index is 0.0186. The average Bonchev–Trinajstić information content (AvgIpc) is 2.90. The first-order chi connectivity index (χ1) is 10.2. The van der Waals surface area contributed by atoms with Crippen LogP contribution in [0.4, 0.5) is 17.3 Å². The zero-order chi connectivity index (χ0) is 15.2. The predicted octanol–water partition coefficient (Wildman–Crippen LogP) is 3.31. The van der Waals surface area contributed by atoms with Crippen molar-refractivity contribution < 1.29 is 0 Å². The highest BCUT2D eigenvalue weighted by atomic mass is 15.2. The Kier molecular flexibility index (Phi) is 4.27. The maximum atomic E-state index is 8.81. The molecule has 2 N–H and O–H groups in total. The fourth-order valence-corrected chi connectivity index (χ4v) is 1.77. The number of nitrogens with zero attached hydrogens (tertiary/aromatic N) is 5. The fraction of sp³-hybridized carbons (Fsp3) is 0.214. The van der Waals surface area contributed by atoms with Crippen LogP contribution in [-0.2, 0) is 0 Å². The Bertz CT molecular complexity index is 727. The number of aromatic amines is 1. The molecule has 7 nitrogen and oxygen atoms in total. The first-order valence-electron chi connectivity index (χ1n) is 6.34. The van der Waals surface area contributed by atoms with E-state index in [4.69, 9.17) is 10.5 Å². The van der Waals surface area contributed by atoms with Gasteiger partial charge in [-0.25, -0.2) is 0 Å². The lowest BCUT2D eigenvalue weighted by Crippen LogP contribution is -1.97. The van der Waals surface area contributed by atoms with Gasteiger partial charge in [-0.3, -0.25) is 0 Å². The van der Waals surface area contributed by atoms with E-state index in [1.165, 1.54) is 0 Å². The lowest BCUT2D eigenvalue weighted by atomic mass is 10.2. The molecule has 1 heterocycles. The SMILES string of the molecule is CCNc1ccc(N=Nc2nc(C#N)c(C#N)[nH]2)cc1C. The molecule has 0 aliphatic rings. The van der Waals surface area contributed by atoms with Gasteiger partial charge < -0.3 is 10.3 Å². The minimum Gasteiger partial charge on any atom is -0.385 e. The number of aromatic nitrogens is 2. The van der Waals surface area contributed by atoms with Crippen LogP contribution < -0.4 is 5.32 Å². The molecule has 0 aliphatic heterocycles. The summed E-state index contributed by atoms with van der Waals surface area (Å²) >= 11 is 0. The van der Waals surface area contributed by atoms with Crippen LogP contribution in [0.5, 0.6) is 0 Å². The number of rotatable bonds is 4. The van der Waals surface area contributed by atoms with E-state index in [-0.39, 0.29) is 17.3 Å². The number of nitrogens with one attached hydrogen (secondary N) is 2. The number of azo groups is 1. The smallest absolute Gasteiger partial charge is 0.249 e. The molecule has 0 radical (unpaired) electrons. The standard InChI is InChI=1S/C14H13N7/c1-3-17-11-5-4-10(6-9(11)2)20-21-14-18-12(7-15)13(8-16)19-14/h4-6,17H,3H2,1-2H3,(H,18,19). The van der Waals surface area contributed by atoms with Crippen molar-refractivity contribution in [1.82, 2.24) is 9.97 Å². The summed E-state index contributed by atoms with van der Waals surface area (Å²) < 4.78 is 0. The minimum absolute atomic E-state index is 0.0186. The maximum absolute atomic E-state index is 8.81. The van der Waals surface area contributed by atoms with Gasteiger partial charge >= 0.3 is 0 Å². The van der Waals surface area contributed by atoms with Crippen molar-refractivity contribution in [1.29, 1.82) is 10.5 Å². The zero-order valence-corrected chi connectivity index (χ0v) is 11.7. The Morgan fingerprint density at radius 3 is 2.67 bits per heavy atom. The maximum Gasteiger partial charge on any atom is 0.249 e. The van der Waals surface area contributed by atoms with Gasteiger partial charge in [0.2, 0.25) is 5.95 Å². The summed E-state index contributed by atoms with van der Waals surface area (Å²) in [5.74, 6) is 0.136. The van der Waals surface area contributed by atoms with Gasteiger partial charge in [0.15, 0.2) is 11.4 Å². The molecule has 1 aromatic carbocycles. The molecule has 0 saturated heterocycles. The molecule has 0 unspecified atom stereocenters. The zero-order valence-electron chi connectivity index (χ0n) is 11.7. The van der Waals surface area contributed by atoms with E-state index >= 15 is 0 Å². The van der Waals surface area contributed by atoms with Gasteiger partial charge in [0.25, 0.3) is 0 Å². The van der Waals surface area contributed by atoms with E-state index in [9.17, 15) is 0 Å². The number of H-pyrrole nitrogens is 1. The van der Waals surface area contributed by atoms with Crippen molar-refractivity contribution in [3.8, 4) is 12.1 Å². The van der Waals surface area contributed by atoms with Crippen molar-refractivity contribution in [2.45, 2.75) is 13.8 Å². The van der Waals surface area contributed by atoms with E-state index < -0.39 is 0 Å². The molecular weight excluding hydrogens is 266 g/mol. The van der Waals surface area contributed by atoms with E-state index in [0.29, 0.717) is 5.69 Å². The van der Waals surface area contributed by atoms with E-state index in [1.54, 1.807) is 0 Å². The lowest BCUT2D eigenvalue weighted by molar-refractivity contribution is 1.11. The van der Waals surface area contributed by atoms with Crippen LogP contribution in [0.15, 0.2) is 28.4 Å². The van der Waals surface area contributed by atoms with Crippen LogP contribution in [0.25, 0.3) is 0 Å². The van der Waals surface area contributed by atoms with Gasteiger partial charge in [-0.15, -0.1) is 10.2 Å². The van der Waals surface area contributed by atoms with E-state index in [1.807, 2.05) is 44.2 Å². The number of hydrogen-bond acceptors (Lipinski definition) is 6. The molecule has 0 fully saturated rings. The highest BCUT2D eigenvalue weighted by Crippen LogP contribution is 2.23. The largest absolute Gasteiger partial charge is 0.385 e. The van der Waals surface area contributed by atoms with Crippen molar-refractivity contribution in [2.24, 2.45) is 10.2 Å². The number of aryl methyl sites for hydroxylation is 1. The Labute approximate surface area is 122 Å². The molecule has 0 atom stereocenters. The molecule has 104 valence electrons. The molecule has 7 heteroatoms. The number of benzene rings is 1. The predicted molar refractivity (Wildman–Crippen MR) is 77.5 cm³/mol. The molecule has 21 heavy (non-hydrogen) atoms. The first-order valence-corrected chi connectivity index (χ1v) is 6.34. The molecule has 0 aliphatic carbocycles. The molecule has 2 rings (SSSR count). The van der Waals surface area contributed by atoms with Crippen LogP contribution in [0, 0.1) is 29.6 Å². The van der Waals surface area contributed by atoms with Crippen molar-refractivity contribution in [3.05, 3.63) is 35.2 Å². The Morgan fingerprint density at radius 1 is 1.29 bits per heavy atom. The summed E-state index contributed by atoms with van der Waals surface area (Å²) in [5.41, 5.74) is 2.88. The van der Waals surface area contributed by atoms with Crippen molar-refractivity contribution in [2.75, 3.05) is 11.9 Å². The number of imidazole rings is 1. The summed E-state index contributed by atoms with van der Waals surface area (Å²) in [6.45, 7) is 4.86. The number of hydrogen-bond donors (Lipinski definition) is 2. The third-order valence-electron chi connectivity index (χ3n) is 2.75. The van der Waals surface area contributed by atoms with E-state index in [2.05, 4.69) is 25.5 Å². The van der Waals surface area contributed by atoms with Crippen molar-refractivity contribution >= 4 is 17.3 Å². The van der Waals surface area contributed by atoms with Gasteiger partial charge in [0.05, 0.1) is 5.69 Å². The molecule has 0 bridgehead atoms. The van der Waals surface area contributed by atoms with Gasteiger partial charge in [0, 0.05) is 12.2 Å². The first kappa shape index (κ1) is 14.2. The summed E-state index contributed by atoms with van der Waals surface area (Å²) in [7, 11) is 0. The highest BCUT2D eigenvalue weighted by Gasteiger charge is 2.08. The van der Waals surface area contributed by atoms with Crippen LogP contribution >= 0.6 is 0 Å². The Hall–Kier alpha value is -3.19. The third-order valence-corrected chi connectivity index (χ3v) is 2.75.